The highest BCUT2D eigenvalue weighted by Crippen LogP contribution is 2.36. The molecular weight excluding hydrogens is 428 g/mol. The molecule has 0 aliphatic carbocycles. The molecule has 1 atom stereocenters. The topological polar surface area (TPSA) is 72.6 Å². The van der Waals surface area contributed by atoms with Gasteiger partial charge in [0.05, 0.1) is 0 Å². The zero-order valence-electron chi connectivity index (χ0n) is 19.2. The molecule has 0 spiro atoms. The van der Waals surface area contributed by atoms with E-state index in [1.165, 1.54) is 0 Å². The summed E-state index contributed by atoms with van der Waals surface area (Å²) in [6, 6.07) is 26.9. The SMILES string of the molecule is CN(C)C(=O)C(Cc1cccc(OCC=O)c1)c1nc(-c2ccccc2)c(-c2ccccc2)o1. The summed E-state index contributed by atoms with van der Waals surface area (Å²) in [7, 11) is 3.44. The van der Waals surface area contributed by atoms with E-state index in [0.29, 0.717) is 35.8 Å². The second kappa shape index (κ2) is 10.6. The Hall–Kier alpha value is -4.19. The molecule has 1 amide bonds. The van der Waals surface area contributed by atoms with Gasteiger partial charge in [0, 0.05) is 25.2 Å². The molecule has 3 aromatic carbocycles. The lowest BCUT2D eigenvalue weighted by atomic mass is 9.97. The predicted octanol–water partition coefficient (Wildman–Crippen LogP) is 5.00. The van der Waals surface area contributed by atoms with Crippen molar-refractivity contribution >= 4 is 12.2 Å². The standard InChI is InChI=1S/C28H26N2O4/c1-30(2)28(32)24(19-20-10-9-15-23(18-20)33-17-16-31)27-29-25(21-11-5-3-6-12-21)26(34-27)22-13-7-4-8-14-22/h3-16,18,24H,17,19H2,1-2H3. The average molecular weight is 455 g/mol. The third-order valence-electron chi connectivity index (χ3n) is 5.42. The smallest absolute Gasteiger partial charge is 0.234 e. The molecule has 4 rings (SSSR count). The Morgan fingerprint density at radius 3 is 2.29 bits per heavy atom. The van der Waals surface area contributed by atoms with Gasteiger partial charge in [-0.25, -0.2) is 4.98 Å². The van der Waals surface area contributed by atoms with E-state index in [0.717, 1.165) is 16.7 Å². The number of aromatic nitrogens is 1. The van der Waals surface area contributed by atoms with Crippen molar-refractivity contribution in [3.63, 3.8) is 0 Å². The predicted molar refractivity (Wildman–Crippen MR) is 131 cm³/mol. The van der Waals surface area contributed by atoms with Gasteiger partial charge in [-0.05, 0) is 24.1 Å². The summed E-state index contributed by atoms with van der Waals surface area (Å²) in [6.07, 6.45) is 1.08. The van der Waals surface area contributed by atoms with Gasteiger partial charge in [0.25, 0.3) is 0 Å². The molecule has 0 aliphatic heterocycles. The van der Waals surface area contributed by atoms with Crippen LogP contribution in [0.3, 0.4) is 0 Å². The van der Waals surface area contributed by atoms with Crippen molar-refractivity contribution in [1.29, 1.82) is 0 Å². The maximum Gasteiger partial charge on any atom is 0.234 e. The van der Waals surface area contributed by atoms with E-state index in [1.54, 1.807) is 25.1 Å². The number of likely N-dealkylation sites (N-methyl/N-ethyl adjacent to an activating group) is 1. The zero-order valence-corrected chi connectivity index (χ0v) is 19.2. The Bertz CT molecular complexity index is 1190. The van der Waals surface area contributed by atoms with E-state index in [9.17, 15) is 9.59 Å². The van der Waals surface area contributed by atoms with Crippen molar-refractivity contribution in [3.8, 4) is 28.3 Å². The number of nitrogens with zero attached hydrogens (tertiary/aromatic N) is 2. The van der Waals surface area contributed by atoms with Gasteiger partial charge in [-0.3, -0.25) is 9.59 Å². The van der Waals surface area contributed by atoms with Gasteiger partial charge in [0.15, 0.2) is 12.0 Å². The Morgan fingerprint density at radius 2 is 1.65 bits per heavy atom. The molecule has 0 bridgehead atoms. The van der Waals surface area contributed by atoms with Crippen LogP contribution in [0.5, 0.6) is 5.75 Å². The van der Waals surface area contributed by atoms with Gasteiger partial charge in [0.1, 0.15) is 24.0 Å². The number of hydrogen-bond acceptors (Lipinski definition) is 5. The van der Waals surface area contributed by atoms with Crippen LogP contribution in [0.15, 0.2) is 89.3 Å². The molecule has 172 valence electrons. The van der Waals surface area contributed by atoms with Crippen LogP contribution in [-0.2, 0) is 16.0 Å². The molecule has 4 aromatic rings. The minimum absolute atomic E-state index is 0.0237. The number of carbonyl (C=O) groups excluding carboxylic acids is 2. The first-order chi connectivity index (χ1) is 16.6. The average Bonchev–Trinajstić information content (AvgIpc) is 3.32. The Morgan fingerprint density at radius 1 is 0.971 bits per heavy atom. The molecule has 1 aromatic heterocycles. The quantitative estimate of drug-likeness (QED) is 0.333. The fourth-order valence-electron chi connectivity index (χ4n) is 3.78. The highest BCUT2D eigenvalue weighted by Gasteiger charge is 2.30. The normalized spacial score (nSPS) is 11.6. The Labute approximate surface area is 198 Å². The first kappa shape index (κ1) is 23.0. The van der Waals surface area contributed by atoms with Crippen molar-refractivity contribution in [2.45, 2.75) is 12.3 Å². The van der Waals surface area contributed by atoms with E-state index in [4.69, 9.17) is 14.1 Å². The number of aldehydes is 1. The van der Waals surface area contributed by atoms with Crippen LogP contribution in [0.4, 0.5) is 0 Å². The molecule has 0 saturated heterocycles. The zero-order chi connectivity index (χ0) is 23.9. The van der Waals surface area contributed by atoms with E-state index < -0.39 is 5.92 Å². The molecule has 0 N–H and O–H groups in total. The lowest BCUT2D eigenvalue weighted by molar-refractivity contribution is -0.130. The second-order valence-corrected chi connectivity index (χ2v) is 8.08. The van der Waals surface area contributed by atoms with Crippen molar-refractivity contribution in [2.75, 3.05) is 20.7 Å². The molecule has 1 heterocycles. The number of hydrogen-bond donors (Lipinski definition) is 0. The summed E-state index contributed by atoms with van der Waals surface area (Å²) in [5, 5.41) is 0. The first-order valence-corrected chi connectivity index (χ1v) is 11.0. The van der Waals surface area contributed by atoms with Crippen molar-refractivity contribution in [2.24, 2.45) is 0 Å². The lowest BCUT2D eigenvalue weighted by Gasteiger charge is -2.18. The minimum Gasteiger partial charge on any atom is -0.486 e. The Kier molecular flexibility index (Phi) is 7.18. The number of oxazole rings is 1. The molecule has 0 saturated carbocycles. The molecule has 1 unspecified atom stereocenters. The molecule has 34 heavy (non-hydrogen) atoms. The van der Waals surface area contributed by atoms with Crippen LogP contribution in [0.2, 0.25) is 0 Å². The maximum absolute atomic E-state index is 13.2. The van der Waals surface area contributed by atoms with Crippen molar-refractivity contribution in [1.82, 2.24) is 9.88 Å². The molecule has 0 fully saturated rings. The van der Waals surface area contributed by atoms with Gasteiger partial charge in [-0.1, -0.05) is 72.8 Å². The number of rotatable bonds is 9. The van der Waals surface area contributed by atoms with Crippen molar-refractivity contribution in [3.05, 3.63) is 96.4 Å². The Balaban J connectivity index is 1.77. The van der Waals surface area contributed by atoms with Gasteiger partial charge >= 0.3 is 0 Å². The maximum atomic E-state index is 13.2. The summed E-state index contributed by atoms with van der Waals surface area (Å²) in [5.74, 6) is 0.816. The van der Waals surface area contributed by atoms with Crippen molar-refractivity contribution < 1.29 is 18.7 Å². The van der Waals surface area contributed by atoms with Crippen LogP contribution < -0.4 is 4.74 Å². The van der Waals surface area contributed by atoms with Gasteiger partial charge < -0.3 is 14.1 Å². The number of amides is 1. The van der Waals surface area contributed by atoms with Crippen LogP contribution >= 0.6 is 0 Å². The van der Waals surface area contributed by atoms with Crippen LogP contribution in [0, 0.1) is 0 Å². The summed E-state index contributed by atoms with van der Waals surface area (Å²) < 4.78 is 11.7. The minimum atomic E-state index is -0.628. The number of carbonyl (C=O) groups is 2. The third-order valence-corrected chi connectivity index (χ3v) is 5.42. The highest BCUT2D eigenvalue weighted by atomic mass is 16.5. The van der Waals surface area contributed by atoms with Crippen LogP contribution in [-0.4, -0.2) is 42.8 Å². The summed E-state index contributed by atoms with van der Waals surface area (Å²) in [4.78, 5) is 30.3. The number of benzene rings is 3. The monoisotopic (exact) mass is 454 g/mol. The summed E-state index contributed by atoms with van der Waals surface area (Å²) >= 11 is 0. The van der Waals surface area contributed by atoms with E-state index >= 15 is 0 Å². The molecule has 0 aliphatic rings. The fourth-order valence-corrected chi connectivity index (χ4v) is 3.78. The number of ether oxygens (including phenoxy) is 1. The fraction of sp³-hybridized carbons (Fsp3) is 0.179. The highest BCUT2D eigenvalue weighted by molar-refractivity contribution is 5.84. The van der Waals surface area contributed by atoms with E-state index in [1.807, 2.05) is 78.9 Å². The second-order valence-electron chi connectivity index (χ2n) is 8.08. The van der Waals surface area contributed by atoms with Gasteiger partial charge in [-0.2, -0.15) is 0 Å². The largest absolute Gasteiger partial charge is 0.486 e. The van der Waals surface area contributed by atoms with Gasteiger partial charge in [0.2, 0.25) is 11.8 Å². The lowest BCUT2D eigenvalue weighted by Crippen LogP contribution is -2.29. The molecular formula is C28H26N2O4. The van der Waals surface area contributed by atoms with Crippen LogP contribution in [0.1, 0.15) is 17.4 Å². The van der Waals surface area contributed by atoms with E-state index in [2.05, 4.69) is 0 Å². The van der Waals surface area contributed by atoms with Gasteiger partial charge in [-0.15, -0.1) is 0 Å². The molecule has 0 radical (unpaired) electrons. The molecule has 6 heteroatoms. The summed E-state index contributed by atoms with van der Waals surface area (Å²) in [5.41, 5.74) is 3.38. The van der Waals surface area contributed by atoms with E-state index in [-0.39, 0.29) is 12.5 Å². The summed E-state index contributed by atoms with van der Waals surface area (Å²) in [6.45, 7) is -0.0237. The third kappa shape index (κ3) is 5.23. The molecule has 6 nitrogen and oxygen atoms in total. The first-order valence-electron chi connectivity index (χ1n) is 11.0. The van der Waals surface area contributed by atoms with Crippen LogP contribution in [0.25, 0.3) is 22.6 Å².